The SMILES string of the molecule is CCCc1c(Cl)ncnc1NCC(C)(C)CCO. The van der Waals surface area contributed by atoms with Crippen LogP contribution in [0.4, 0.5) is 5.82 Å². The first kappa shape index (κ1) is 15.2. The van der Waals surface area contributed by atoms with Crippen molar-refractivity contribution in [3.63, 3.8) is 0 Å². The van der Waals surface area contributed by atoms with Gasteiger partial charge < -0.3 is 10.4 Å². The van der Waals surface area contributed by atoms with E-state index in [0.717, 1.165) is 37.2 Å². The van der Waals surface area contributed by atoms with Crippen molar-refractivity contribution in [3.05, 3.63) is 17.0 Å². The summed E-state index contributed by atoms with van der Waals surface area (Å²) >= 11 is 6.09. The highest BCUT2D eigenvalue weighted by atomic mass is 35.5. The minimum Gasteiger partial charge on any atom is -0.396 e. The van der Waals surface area contributed by atoms with Crippen LogP contribution in [0.15, 0.2) is 6.33 Å². The molecule has 0 bridgehead atoms. The summed E-state index contributed by atoms with van der Waals surface area (Å²) in [6, 6.07) is 0. The number of nitrogens with one attached hydrogen (secondary N) is 1. The average Bonchev–Trinajstić information content (AvgIpc) is 2.30. The van der Waals surface area contributed by atoms with Gasteiger partial charge in [0.2, 0.25) is 0 Å². The summed E-state index contributed by atoms with van der Waals surface area (Å²) in [4.78, 5) is 8.27. The van der Waals surface area contributed by atoms with Gasteiger partial charge in [-0.05, 0) is 18.3 Å². The van der Waals surface area contributed by atoms with E-state index in [1.807, 2.05) is 0 Å². The zero-order valence-corrected chi connectivity index (χ0v) is 12.1. The second-order valence-electron chi connectivity index (χ2n) is 5.23. The molecule has 18 heavy (non-hydrogen) atoms. The minimum absolute atomic E-state index is 0.0235. The summed E-state index contributed by atoms with van der Waals surface area (Å²) in [5.74, 6) is 0.808. The predicted octanol–water partition coefficient (Wildman–Crippen LogP) is 2.90. The average molecular weight is 272 g/mol. The molecule has 0 aliphatic heterocycles. The van der Waals surface area contributed by atoms with E-state index < -0.39 is 0 Å². The maximum Gasteiger partial charge on any atom is 0.137 e. The lowest BCUT2D eigenvalue weighted by Crippen LogP contribution is -2.25. The Kier molecular flexibility index (Phi) is 5.82. The van der Waals surface area contributed by atoms with Crippen LogP contribution < -0.4 is 5.32 Å². The fraction of sp³-hybridized carbons (Fsp3) is 0.692. The van der Waals surface area contributed by atoms with Crippen LogP contribution in [0.2, 0.25) is 5.15 Å². The topological polar surface area (TPSA) is 58.0 Å². The molecule has 0 atom stereocenters. The molecule has 0 saturated carbocycles. The number of anilines is 1. The summed E-state index contributed by atoms with van der Waals surface area (Å²) in [6.45, 7) is 7.26. The molecule has 102 valence electrons. The van der Waals surface area contributed by atoms with Crippen LogP contribution in [0.3, 0.4) is 0 Å². The molecule has 0 radical (unpaired) electrons. The lowest BCUT2D eigenvalue weighted by Gasteiger charge is -2.24. The van der Waals surface area contributed by atoms with Gasteiger partial charge in [-0.25, -0.2) is 9.97 Å². The van der Waals surface area contributed by atoms with Crippen LogP contribution in [0.1, 0.15) is 39.2 Å². The zero-order valence-electron chi connectivity index (χ0n) is 11.3. The second-order valence-corrected chi connectivity index (χ2v) is 5.59. The number of nitrogens with zero attached hydrogens (tertiary/aromatic N) is 2. The van der Waals surface area contributed by atoms with Crippen molar-refractivity contribution in [2.75, 3.05) is 18.5 Å². The molecule has 0 spiro atoms. The van der Waals surface area contributed by atoms with E-state index in [-0.39, 0.29) is 12.0 Å². The van der Waals surface area contributed by atoms with Gasteiger partial charge >= 0.3 is 0 Å². The summed E-state index contributed by atoms with van der Waals surface area (Å²) in [7, 11) is 0. The Labute approximate surface area is 114 Å². The number of aromatic nitrogens is 2. The number of halogens is 1. The lowest BCUT2D eigenvalue weighted by molar-refractivity contribution is 0.220. The zero-order chi connectivity index (χ0) is 13.6. The Bertz CT molecular complexity index is 382. The first-order valence-corrected chi connectivity index (χ1v) is 6.72. The quantitative estimate of drug-likeness (QED) is 0.749. The second kappa shape index (κ2) is 6.90. The van der Waals surface area contributed by atoms with E-state index in [1.54, 1.807) is 0 Å². The highest BCUT2D eigenvalue weighted by Gasteiger charge is 2.18. The van der Waals surface area contributed by atoms with Crippen molar-refractivity contribution in [2.45, 2.75) is 40.0 Å². The van der Waals surface area contributed by atoms with Gasteiger partial charge in [0.15, 0.2) is 0 Å². The fourth-order valence-corrected chi connectivity index (χ4v) is 1.96. The van der Waals surface area contributed by atoms with Crippen molar-refractivity contribution >= 4 is 17.4 Å². The van der Waals surface area contributed by atoms with Crippen molar-refractivity contribution in [1.29, 1.82) is 0 Å². The van der Waals surface area contributed by atoms with Crippen LogP contribution in [0, 0.1) is 5.41 Å². The molecule has 0 amide bonds. The third-order valence-corrected chi connectivity index (χ3v) is 3.24. The number of aliphatic hydroxyl groups is 1. The highest BCUT2D eigenvalue weighted by Crippen LogP contribution is 2.24. The summed E-state index contributed by atoms with van der Waals surface area (Å²) in [5, 5.41) is 12.8. The smallest absolute Gasteiger partial charge is 0.137 e. The van der Waals surface area contributed by atoms with Gasteiger partial charge in [-0.2, -0.15) is 0 Å². The predicted molar refractivity (Wildman–Crippen MR) is 75.0 cm³/mol. The molecule has 1 heterocycles. The van der Waals surface area contributed by atoms with Crippen LogP contribution in [-0.4, -0.2) is 28.2 Å². The molecule has 0 aliphatic carbocycles. The Morgan fingerprint density at radius 2 is 2.11 bits per heavy atom. The molecule has 0 fully saturated rings. The molecule has 1 rings (SSSR count). The van der Waals surface area contributed by atoms with Gasteiger partial charge in [0.1, 0.15) is 17.3 Å². The molecule has 5 heteroatoms. The number of rotatable bonds is 7. The fourth-order valence-electron chi connectivity index (χ4n) is 1.73. The van der Waals surface area contributed by atoms with E-state index in [1.165, 1.54) is 6.33 Å². The summed E-state index contributed by atoms with van der Waals surface area (Å²) < 4.78 is 0. The van der Waals surface area contributed by atoms with E-state index in [2.05, 4.69) is 36.1 Å². The van der Waals surface area contributed by atoms with Crippen molar-refractivity contribution < 1.29 is 5.11 Å². The third kappa shape index (κ3) is 4.42. The molecule has 4 nitrogen and oxygen atoms in total. The number of hydrogen-bond donors (Lipinski definition) is 2. The van der Waals surface area contributed by atoms with Crippen LogP contribution in [0.5, 0.6) is 0 Å². The van der Waals surface area contributed by atoms with Crippen LogP contribution in [-0.2, 0) is 6.42 Å². The van der Waals surface area contributed by atoms with Gasteiger partial charge in [0, 0.05) is 18.7 Å². The van der Waals surface area contributed by atoms with Gasteiger partial charge in [-0.15, -0.1) is 0 Å². The van der Waals surface area contributed by atoms with Gasteiger partial charge in [-0.3, -0.25) is 0 Å². The number of aliphatic hydroxyl groups excluding tert-OH is 1. The van der Waals surface area contributed by atoms with Gasteiger partial charge in [0.25, 0.3) is 0 Å². The first-order valence-electron chi connectivity index (χ1n) is 6.34. The molecular weight excluding hydrogens is 250 g/mol. The maximum atomic E-state index is 9.01. The molecule has 1 aromatic heterocycles. The van der Waals surface area contributed by atoms with E-state index in [0.29, 0.717) is 5.15 Å². The highest BCUT2D eigenvalue weighted by molar-refractivity contribution is 6.30. The summed E-state index contributed by atoms with van der Waals surface area (Å²) in [6.07, 6.45) is 4.09. The molecular formula is C13H22ClN3O. The molecule has 0 saturated heterocycles. The summed E-state index contributed by atoms with van der Waals surface area (Å²) in [5.41, 5.74) is 0.997. The van der Waals surface area contributed by atoms with Gasteiger partial charge in [-0.1, -0.05) is 38.8 Å². The van der Waals surface area contributed by atoms with Crippen molar-refractivity contribution in [1.82, 2.24) is 9.97 Å². The molecule has 2 N–H and O–H groups in total. The Balaban J connectivity index is 2.75. The first-order chi connectivity index (χ1) is 8.50. The minimum atomic E-state index is 0.0235. The monoisotopic (exact) mass is 271 g/mol. The van der Waals surface area contributed by atoms with Crippen molar-refractivity contribution in [2.24, 2.45) is 5.41 Å². The Morgan fingerprint density at radius 1 is 1.39 bits per heavy atom. The third-order valence-electron chi connectivity index (χ3n) is 2.92. The molecule has 0 unspecified atom stereocenters. The Morgan fingerprint density at radius 3 is 2.72 bits per heavy atom. The van der Waals surface area contributed by atoms with Crippen LogP contribution in [0.25, 0.3) is 0 Å². The molecule has 0 aliphatic rings. The standard InChI is InChI=1S/C13H22ClN3O/c1-4-5-10-11(14)16-9-17-12(10)15-8-13(2,3)6-7-18/h9,18H,4-8H2,1-3H3,(H,15,16,17). The molecule has 1 aromatic rings. The maximum absolute atomic E-state index is 9.01. The van der Waals surface area contributed by atoms with Crippen LogP contribution >= 0.6 is 11.6 Å². The Hall–Kier alpha value is -0.870. The molecule has 0 aromatic carbocycles. The number of hydrogen-bond acceptors (Lipinski definition) is 4. The normalized spacial score (nSPS) is 11.6. The van der Waals surface area contributed by atoms with E-state index in [9.17, 15) is 0 Å². The van der Waals surface area contributed by atoms with Crippen molar-refractivity contribution in [3.8, 4) is 0 Å². The lowest BCUT2D eigenvalue weighted by atomic mass is 9.90. The van der Waals surface area contributed by atoms with E-state index in [4.69, 9.17) is 16.7 Å². The van der Waals surface area contributed by atoms with E-state index >= 15 is 0 Å². The van der Waals surface area contributed by atoms with Gasteiger partial charge in [0.05, 0.1) is 0 Å². The largest absolute Gasteiger partial charge is 0.396 e.